The Morgan fingerprint density at radius 1 is 0.851 bits per heavy atom. The summed E-state index contributed by atoms with van der Waals surface area (Å²) < 4.78 is 13.3. The van der Waals surface area contributed by atoms with Gasteiger partial charge in [0, 0.05) is 29.4 Å². The first-order valence-electron chi connectivity index (χ1n) is 16.1. The number of benzene rings is 4. The first-order valence-corrected chi connectivity index (χ1v) is 19.0. The van der Waals surface area contributed by atoms with E-state index in [1.807, 2.05) is 54.6 Å². The number of fused-ring (bicyclic) bond motifs is 1. The van der Waals surface area contributed by atoms with E-state index in [-0.39, 0.29) is 16.7 Å². The fraction of sp³-hybridized carbons (Fsp3) is 0.282. The van der Waals surface area contributed by atoms with Gasteiger partial charge in [-0.05, 0) is 96.3 Å². The summed E-state index contributed by atoms with van der Waals surface area (Å²) in [6.07, 6.45) is 0.649. The fourth-order valence-electron chi connectivity index (χ4n) is 5.15. The van der Waals surface area contributed by atoms with Crippen molar-refractivity contribution in [2.24, 2.45) is 0 Å². The van der Waals surface area contributed by atoms with E-state index in [1.165, 1.54) is 5.56 Å². The predicted molar refractivity (Wildman–Crippen MR) is 194 cm³/mol. The molecule has 1 heterocycles. The van der Waals surface area contributed by atoms with Gasteiger partial charge in [-0.15, -0.1) is 0 Å². The summed E-state index contributed by atoms with van der Waals surface area (Å²) in [5.74, 6) is 0.640. The van der Waals surface area contributed by atoms with Gasteiger partial charge in [-0.2, -0.15) is 5.26 Å². The number of nitrogens with zero attached hydrogens (tertiary/aromatic N) is 1. The van der Waals surface area contributed by atoms with Gasteiger partial charge >= 0.3 is 0 Å². The average molecular weight is 645 g/mol. The van der Waals surface area contributed by atoms with E-state index in [2.05, 4.69) is 85.9 Å². The topological polar surface area (TPSA) is 99.2 Å². The molecule has 5 rings (SSSR count). The number of H-pyrrole nitrogens is 1. The van der Waals surface area contributed by atoms with Crippen LogP contribution in [0.1, 0.15) is 49.1 Å². The van der Waals surface area contributed by atoms with Crippen LogP contribution in [0.15, 0.2) is 108 Å². The number of hydrogen-bond donors (Lipinski definition) is 3. The number of aromatic amines is 1. The van der Waals surface area contributed by atoms with Gasteiger partial charge < -0.3 is 24.8 Å². The predicted octanol–water partition coefficient (Wildman–Crippen LogP) is 8.62. The molecule has 7 nitrogen and oxygen atoms in total. The number of rotatable bonds is 13. The van der Waals surface area contributed by atoms with Crippen LogP contribution in [0.4, 0.5) is 11.4 Å². The number of pyridine rings is 1. The molecule has 0 fully saturated rings. The molecule has 1 atom stereocenters. The molecule has 47 heavy (non-hydrogen) atoms. The third-order valence-electron chi connectivity index (χ3n) is 8.89. The zero-order chi connectivity index (χ0) is 33.4. The Morgan fingerprint density at radius 3 is 2.19 bits per heavy atom. The zero-order valence-electron chi connectivity index (χ0n) is 27.9. The lowest BCUT2D eigenvalue weighted by molar-refractivity contribution is 0.182. The van der Waals surface area contributed by atoms with E-state index < -0.39 is 8.32 Å². The van der Waals surface area contributed by atoms with Gasteiger partial charge in [-0.3, -0.25) is 4.79 Å². The van der Waals surface area contributed by atoms with E-state index in [4.69, 9.17) is 14.4 Å². The number of hydrogen-bond acceptors (Lipinski definition) is 6. The third kappa shape index (κ3) is 8.77. The molecule has 3 N–H and O–H groups in total. The molecule has 0 spiro atoms. The molecular formula is C39H44N4O3Si. The molecule has 0 unspecified atom stereocenters. The Labute approximate surface area is 278 Å². The second kappa shape index (κ2) is 14.8. The monoisotopic (exact) mass is 644 g/mol. The maximum Gasteiger partial charge on any atom is 0.248 e. The maximum absolute atomic E-state index is 12.5. The molecule has 0 aliphatic carbocycles. The van der Waals surface area contributed by atoms with Gasteiger partial charge in [-0.1, -0.05) is 69.3 Å². The van der Waals surface area contributed by atoms with Crippen molar-refractivity contribution in [3.63, 3.8) is 0 Å². The molecule has 0 aliphatic rings. The van der Waals surface area contributed by atoms with Crippen molar-refractivity contribution in [2.45, 2.75) is 58.0 Å². The third-order valence-corrected chi connectivity index (χ3v) is 13.4. The highest BCUT2D eigenvalue weighted by molar-refractivity contribution is 6.74. The van der Waals surface area contributed by atoms with Gasteiger partial charge in [0.05, 0.1) is 23.3 Å². The van der Waals surface area contributed by atoms with Gasteiger partial charge in [0.15, 0.2) is 8.32 Å². The van der Waals surface area contributed by atoms with Crippen LogP contribution in [-0.4, -0.2) is 26.4 Å². The molecule has 8 heteroatoms. The maximum atomic E-state index is 12.5. The lowest BCUT2D eigenvalue weighted by Crippen LogP contribution is -2.43. The summed E-state index contributed by atoms with van der Waals surface area (Å²) in [6.45, 7) is 13.1. The summed E-state index contributed by atoms with van der Waals surface area (Å²) in [5.41, 5.74) is 6.41. The zero-order valence-corrected chi connectivity index (χ0v) is 28.9. The van der Waals surface area contributed by atoms with Crippen molar-refractivity contribution in [1.82, 2.24) is 10.3 Å². The number of ether oxygens (including phenoxy) is 1. The Kier molecular flexibility index (Phi) is 10.6. The minimum Gasteiger partial charge on any atom is -0.487 e. The van der Waals surface area contributed by atoms with Crippen molar-refractivity contribution < 1.29 is 9.16 Å². The van der Waals surface area contributed by atoms with E-state index in [0.717, 1.165) is 40.9 Å². The lowest BCUT2D eigenvalue weighted by atomic mass is 10.0. The van der Waals surface area contributed by atoms with Crippen molar-refractivity contribution in [2.75, 3.05) is 18.4 Å². The van der Waals surface area contributed by atoms with Crippen molar-refractivity contribution in [3.05, 3.63) is 136 Å². The molecule has 0 amide bonds. The number of nitrogens with one attached hydrogen (secondary N) is 3. The van der Waals surface area contributed by atoms with Crippen LogP contribution >= 0.6 is 0 Å². The molecular weight excluding hydrogens is 601 g/mol. The first-order chi connectivity index (χ1) is 22.5. The Bertz CT molecular complexity index is 1870. The van der Waals surface area contributed by atoms with Crippen LogP contribution in [0.25, 0.3) is 10.9 Å². The number of anilines is 2. The van der Waals surface area contributed by atoms with Crippen molar-refractivity contribution in [3.8, 4) is 11.8 Å². The summed E-state index contributed by atoms with van der Waals surface area (Å²) in [6, 6.07) is 35.5. The van der Waals surface area contributed by atoms with Crippen LogP contribution in [0.5, 0.6) is 5.75 Å². The number of nitriles is 1. The summed E-state index contributed by atoms with van der Waals surface area (Å²) in [7, 11) is -2.16. The minimum atomic E-state index is -2.16. The first kappa shape index (κ1) is 33.7. The standard InChI is InChI=1S/C39H44N4O3Si/c1-39(2,3)47(4,5)46-36(26-41-24-23-28-11-15-31(16-12-28)42-32-17-13-29(25-40)14-18-32)33-19-21-35(38-34(33)20-22-37(44)43-38)45-27-30-9-7-6-8-10-30/h6-22,36,41-42H,23-24,26-27H2,1-5H3,(H,43,44)/t36-/m0/s1. The van der Waals surface area contributed by atoms with Crippen molar-refractivity contribution in [1.29, 1.82) is 5.26 Å². The smallest absolute Gasteiger partial charge is 0.248 e. The highest BCUT2D eigenvalue weighted by atomic mass is 28.4. The SMILES string of the molecule is CC(C)(C)[Si](C)(C)O[C@@H](CNCCc1ccc(Nc2ccc(C#N)cc2)cc1)c1ccc(OCc2ccccc2)c2[nH]c(=O)ccc12. The van der Waals surface area contributed by atoms with Gasteiger partial charge in [-0.25, -0.2) is 0 Å². The molecule has 4 aromatic carbocycles. The average Bonchev–Trinajstić information content (AvgIpc) is 3.06. The van der Waals surface area contributed by atoms with Crippen LogP contribution in [-0.2, 0) is 17.5 Å². The molecule has 242 valence electrons. The minimum absolute atomic E-state index is 0.0294. The second-order valence-corrected chi connectivity index (χ2v) is 18.1. The lowest BCUT2D eigenvalue weighted by Gasteiger charge is -2.39. The van der Waals surface area contributed by atoms with Gasteiger partial charge in [0.1, 0.15) is 12.4 Å². The molecule has 0 saturated heterocycles. The quantitative estimate of drug-likeness (QED) is 0.0877. The van der Waals surface area contributed by atoms with Crippen LogP contribution in [0, 0.1) is 11.3 Å². The summed E-state index contributed by atoms with van der Waals surface area (Å²) in [4.78, 5) is 15.5. The highest BCUT2D eigenvalue weighted by Crippen LogP contribution is 2.41. The normalized spacial score (nSPS) is 12.4. The molecule has 5 aromatic rings. The Morgan fingerprint density at radius 2 is 1.53 bits per heavy atom. The Hall–Kier alpha value is -4.68. The molecule has 1 aromatic heterocycles. The largest absolute Gasteiger partial charge is 0.487 e. The molecule has 0 aliphatic heterocycles. The van der Waals surface area contributed by atoms with E-state index in [9.17, 15) is 4.79 Å². The summed E-state index contributed by atoms with van der Waals surface area (Å²) >= 11 is 0. The fourth-order valence-corrected chi connectivity index (χ4v) is 6.42. The van der Waals surface area contributed by atoms with E-state index >= 15 is 0 Å². The van der Waals surface area contributed by atoms with Gasteiger partial charge in [0.2, 0.25) is 5.56 Å². The van der Waals surface area contributed by atoms with E-state index in [0.29, 0.717) is 30.0 Å². The van der Waals surface area contributed by atoms with Crippen LogP contribution in [0.2, 0.25) is 18.1 Å². The van der Waals surface area contributed by atoms with Gasteiger partial charge in [0.25, 0.3) is 0 Å². The molecule has 0 bridgehead atoms. The molecule has 0 saturated carbocycles. The molecule has 0 radical (unpaired) electrons. The van der Waals surface area contributed by atoms with Crippen molar-refractivity contribution >= 4 is 30.6 Å². The second-order valence-electron chi connectivity index (χ2n) is 13.4. The summed E-state index contributed by atoms with van der Waals surface area (Å²) in [5, 5.41) is 17.0. The van der Waals surface area contributed by atoms with Crippen LogP contribution in [0.3, 0.4) is 0 Å². The van der Waals surface area contributed by atoms with E-state index in [1.54, 1.807) is 18.2 Å². The van der Waals surface area contributed by atoms with Crippen LogP contribution < -0.4 is 20.9 Å². The highest BCUT2D eigenvalue weighted by Gasteiger charge is 2.39. The number of aromatic nitrogens is 1. The Balaban J connectivity index is 1.30.